The van der Waals surface area contributed by atoms with E-state index in [0.717, 1.165) is 0 Å². The highest BCUT2D eigenvalue weighted by Crippen LogP contribution is 2.23. The number of aromatic carboxylic acids is 1. The zero-order valence-corrected chi connectivity index (χ0v) is 11.6. The van der Waals surface area contributed by atoms with Crippen molar-refractivity contribution < 1.29 is 23.8 Å². The van der Waals surface area contributed by atoms with Crippen molar-refractivity contribution in [3.63, 3.8) is 0 Å². The lowest BCUT2D eigenvalue weighted by molar-refractivity contribution is 0.0691. The first-order valence-corrected chi connectivity index (χ1v) is 6.48. The van der Waals surface area contributed by atoms with E-state index in [9.17, 15) is 9.18 Å². The largest absolute Gasteiger partial charge is 0.489 e. The van der Waals surface area contributed by atoms with Crippen molar-refractivity contribution in [3.05, 3.63) is 58.9 Å². The summed E-state index contributed by atoms with van der Waals surface area (Å²) in [6, 6.07) is 10.2. The summed E-state index contributed by atoms with van der Waals surface area (Å²) in [5.41, 5.74) is 0.00490. The number of ether oxygens (including phenoxy) is 2. The number of rotatable bonds is 6. The highest BCUT2D eigenvalue weighted by Gasteiger charge is 2.11. The van der Waals surface area contributed by atoms with Crippen molar-refractivity contribution in [2.45, 2.75) is 0 Å². The van der Waals surface area contributed by atoms with Crippen molar-refractivity contribution in [3.8, 4) is 11.5 Å². The molecule has 0 unspecified atom stereocenters. The third-order valence-corrected chi connectivity index (χ3v) is 2.84. The predicted octanol–water partition coefficient (Wildman–Crippen LogP) is 3.64. The van der Waals surface area contributed by atoms with Gasteiger partial charge in [-0.1, -0.05) is 23.7 Å². The van der Waals surface area contributed by atoms with E-state index < -0.39 is 11.8 Å². The van der Waals surface area contributed by atoms with E-state index in [1.165, 1.54) is 30.3 Å². The number of carboxylic acids is 1. The molecule has 0 bridgehead atoms. The van der Waals surface area contributed by atoms with Gasteiger partial charge in [-0.25, -0.2) is 9.18 Å². The van der Waals surface area contributed by atoms with Gasteiger partial charge in [0.05, 0.1) is 0 Å². The molecule has 4 nitrogen and oxygen atoms in total. The molecule has 0 aliphatic heterocycles. The molecule has 110 valence electrons. The SMILES string of the molecule is O=C(O)c1ccc(Cl)cc1OCCOc1ccccc1F. The number of hydrogen-bond donors (Lipinski definition) is 1. The van der Waals surface area contributed by atoms with Crippen LogP contribution in [-0.2, 0) is 0 Å². The maximum atomic E-state index is 13.3. The first-order valence-electron chi connectivity index (χ1n) is 6.11. The lowest BCUT2D eigenvalue weighted by atomic mass is 10.2. The number of carbonyl (C=O) groups is 1. The van der Waals surface area contributed by atoms with E-state index in [-0.39, 0.29) is 30.3 Å². The predicted molar refractivity (Wildman–Crippen MR) is 75.8 cm³/mol. The summed E-state index contributed by atoms with van der Waals surface area (Å²) in [7, 11) is 0. The minimum absolute atomic E-state index is 0.00490. The Morgan fingerprint density at radius 1 is 1.10 bits per heavy atom. The van der Waals surface area contributed by atoms with E-state index in [1.54, 1.807) is 12.1 Å². The Morgan fingerprint density at radius 3 is 2.43 bits per heavy atom. The maximum absolute atomic E-state index is 13.3. The lowest BCUT2D eigenvalue weighted by Gasteiger charge is -2.11. The zero-order valence-electron chi connectivity index (χ0n) is 10.9. The van der Waals surface area contributed by atoms with Crippen LogP contribution in [0.25, 0.3) is 0 Å². The summed E-state index contributed by atoms with van der Waals surface area (Å²) >= 11 is 5.80. The summed E-state index contributed by atoms with van der Waals surface area (Å²) in [5, 5.41) is 9.39. The molecule has 0 aliphatic carbocycles. The Morgan fingerprint density at radius 2 is 1.76 bits per heavy atom. The quantitative estimate of drug-likeness (QED) is 0.828. The second kappa shape index (κ2) is 6.95. The molecule has 0 aromatic heterocycles. The van der Waals surface area contributed by atoms with E-state index in [2.05, 4.69) is 0 Å². The minimum atomic E-state index is -1.11. The monoisotopic (exact) mass is 310 g/mol. The van der Waals surface area contributed by atoms with E-state index in [0.29, 0.717) is 5.02 Å². The summed E-state index contributed by atoms with van der Waals surface area (Å²) in [5.74, 6) is -1.32. The highest BCUT2D eigenvalue weighted by molar-refractivity contribution is 6.30. The van der Waals surface area contributed by atoms with E-state index >= 15 is 0 Å². The standard InChI is InChI=1S/C15H12ClFO4/c16-10-5-6-11(15(18)19)14(9-10)21-8-7-20-13-4-2-1-3-12(13)17/h1-6,9H,7-8H2,(H,18,19). The summed E-state index contributed by atoms with van der Waals surface area (Å²) in [6.07, 6.45) is 0. The Balaban J connectivity index is 1.93. The van der Waals surface area contributed by atoms with Gasteiger partial charge >= 0.3 is 5.97 Å². The third kappa shape index (κ3) is 4.10. The van der Waals surface area contributed by atoms with Crippen LogP contribution in [0.1, 0.15) is 10.4 Å². The molecular weight excluding hydrogens is 299 g/mol. The number of halogens is 2. The van der Waals surface area contributed by atoms with Gasteiger partial charge in [0.2, 0.25) is 0 Å². The van der Waals surface area contributed by atoms with Crippen LogP contribution >= 0.6 is 11.6 Å². The fraction of sp³-hybridized carbons (Fsp3) is 0.133. The number of carboxylic acid groups (broad SMARTS) is 1. The topological polar surface area (TPSA) is 55.8 Å². The number of hydrogen-bond acceptors (Lipinski definition) is 3. The average Bonchev–Trinajstić information content (AvgIpc) is 2.45. The van der Waals surface area contributed by atoms with Crippen molar-refractivity contribution in [1.82, 2.24) is 0 Å². The van der Waals surface area contributed by atoms with Crippen LogP contribution in [0.2, 0.25) is 5.02 Å². The van der Waals surface area contributed by atoms with Gasteiger partial charge in [0.1, 0.15) is 24.5 Å². The van der Waals surface area contributed by atoms with E-state index in [1.807, 2.05) is 0 Å². The molecule has 0 heterocycles. The lowest BCUT2D eigenvalue weighted by Crippen LogP contribution is -2.11. The Labute approximate surface area is 125 Å². The Kier molecular flexibility index (Phi) is 5.00. The molecule has 0 amide bonds. The van der Waals surface area contributed by atoms with Crippen LogP contribution in [0.15, 0.2) is 42.5 Å². The second-order valence-electron chi connectivity index (χ2n) is 4.07. The molecule has 0 saturated heterocycles. The van der Waals surface area contributed by atoms with Crippen LogP contribution in [0, 0.1) is 5.82 Å². The normalized spacial score (nSPS) is 10.2. The highest BCUT2D eigenvalue weighted by atomic mass is 35.5. The Bertz CT molecular complexity index is 645. The van der Waals surface area contributed by atoms with Crippen molar-refractivity contribution in [2.24, 2.45) is 0 Å². The van der Waals surface area contributed by atoms with Gasteiger partial charge in [0.15, 0.2) is 11.6 Å². The first kappa shape index (κ1) is 15.1. The van der Waals surface area contributed by atoms with Crippen molar-refractivity contribution >= 4 is 17.6 Å². The molecule has 0 fully saturated rings. The third-order valence-electron chi connectivity index (χ3n) is 2.61. The number of para-hydroxylation sites is 1. The van der Waals surface area contributed by atoms with Gasteiger partial charge in [-0.15, -0.1) is 0 Å². The first-order chi connectivity index (χ1) is 10.1. The zero-order chi connectivity index (χ0) is 15.2. The molecule has 0 radical (unpaired) electrons. The Hall–Kier alpha value is -2.27. The van der Waals surface area contributed by atoms with Crippen LogP contribution in [0.4, 0.5) is 4.39 Å². The van der Waals surface area contributed by atoms with Gasteiger partial charge in [-0.2, -0.15) is 0 Å². The molecule has 21 heavy (non-hydrogen) atoms. The summed E-state index contributed by atoms with van der Waals surface area (Å²) < 4.78 is 23.8. The molecule has 0 saturated carbocycles. The van der Waals surface area contributed by atoms with Gasteiger partial charge in [0, 0.05) is 5.02 Å². The fourth-order valence-electron chi connectivity index (χ4n) is 1.66. The summed E-state index contributed by atoms with van der Waals surface area (Å²) in [6.45, 7) is 0.140. The fourth-order valence-corrected chi connectivity index (χ4v) is 1.82. The van der Waals surface area contributed by atoms with Gasteiger partial charge in [-0.05, 0) is 30.3 Å². The minimum Gasteiger partial charge on any atom is -0.489 e. The summed E-state index contributed by atoms with van der Waals surface area (Å²) in [4.78, 5) is 11.0. The molecule has 2 rings (SSSR count). The van der Waals surface area contributed by atoms with E-state index in [4.69, 9.17) is 26.2 Å². The maximum Gasteiger partial charge on any atom is 0.339 e. The second-order valence-corrected chi connectivity index (χ2v) is 4.51. The molecule has 0 spiro atoms. The average molecular weight is 311 g/mol. The van der Waals surface area contributed by atoms with Crippen LogP contribution < -0.4 is 9.47 Å². The molecule has 0 atom stereocenters. The molecule has 2 aromatic rings. The van der Waals surface area contributed by atoms with Crippen LogP contribution in [0.5, 0.6) is 11.5 Å². The number of benzene rings is 2. The molecular formula is C15H12ClFO4. The smallest absolute Gasteiger partial charge is 0.339 e. The molecule has 2 aromatic carbocycles. The van der Waals surface area contributed by atoms with Gasteiger partial charge in [-0.3, -0.25) is 0 Å². The van der Waals surface area contributed by atoms with Crippen molar-refractivity contribution in [2.75, 3.05) is 13.2 Å². The van der Waals surface area contributed by atoms with Crippen molar-refractivity contribution in [1.29, 1.82) is 0 Å². The molecule has 1 N–H and O–H groups in total. The van der Waals surface area contributed by atoms with Crippen LogP contribution in [-0.4, -0.2) is 24.3 Å². The van der Waals surface area contributed by atoms with Gasteiger partial charge < -0.3 is 14.6 Å². The molecule has 0 aliphatic rings. The van der Waals surface area contributed by atoms with Crippen LogP contribution in [0.3, 0.4) is 0 Å². The molecule has 6 heteroatoms. The van der Waals surface area contributed by atoms with Gasteiger partial charge in [0.25, 0.3) is 0 Å².